The van der Waals surface area contributed by atoms with Crippen molar-refractivity contribution in [1.29, 1.82) is 0 Å². The lowest BCUT2D eigenvalue weighted by molar-refractivity contribution is 0.102. The van der Waals surface area contributed by atoms with Crippen molar-refractivity contribution in [2.45, 2.75) is 17.7 Å². The SMILES string of the molecule is COc1cc2c(cc1NC(=O)c1cccc(S(=O)(=O)N3CCCC3)c1)oc1ccccc12. The van der Waals surface area contributed by atoms with Gasteiger partial charge in [-0.1, -0.05) is 24.3 Å². The van der Waals surface area contributed by atoms with Crippen LogP contribution in [-0.4, -0.2) is 38.8 Å². The maximum atomic E-state index is 13.0. The summed E-state index contributed by atoms with van der Waals surface area (Å²) in [6.45, 7) is 1.01. The minimum absolute atomic E-state index is 0.117. The summed E-state index contributed by atoms with van der Waals surface area (Å²) in [5, 5.41) is 4.67. The van der Waals surface area contributed by atoms with Gasteiger partial charge in [-0.25, -0.2) is 8.42 Å². The summed E-state index contributed by atoms with van der Waals surface area (Å²) in [4.78, 5) is 13.1. The predicted octanol–water partition coefficient (Wildman–Crippen LogP) is 4.63. The van der Waals surface area contributed by atoms with E-state index in [1.54, 1.807) is 18.2 Å². The van der Waals surface area contributed by atoms with Gasteiger partial charge in [0.25, 0.3) is 5.91 Å². The number of sulfonamides is 1. The van der Waals surface area contributed by atoms with Crippen LogP contribution in [0.5, 0.6) is 5.75 Å². The molecule has 0 bridgehead atoms. The molecule has 1 aliphatic heterocycles. The number of anilines is 1. The molecule has 2 heterocycles. The zero-order valence-corrected chi connectivity index (χ0v) is 18.3. The first-order valence-electron chi connectivity index (χ1n) is 10.4. The fourth-order valence-corrected chi connectivity index (χ4v) is 5.65. The standard InChI is InChI=1S/C24H22N2O5S/c1-30-23-14-19-18-9-2-3-10-21(18)31-22(19)15-20(23)25-24(27)16-7-6-8-17(13-16)32(28,29)26-11-4-5-12-26/h2-3,6-10,13-15H,4-5,11-12H2,1H3,(H,25,27). The van der Waals surface area contributed by atoms with E-state index < -0.39 is 15.9 Å². The van der Waals surface area contributed by atoms with Crippen LogP contribution in [0.3, 0.4) is 0 Å². The molecule has 1 amide bonds. The van der Waals surface area contributed by atoms with E-state index in [1.165, 1.54) is 23.5 Å². The number of nitrogens with one attached hydrogen (secondary N) is 1. The van der Waals surface area contributed by atoms with Gasteiger partial charge in [-0.05, 0) is 43.2 Å². The Hall–Kier alpha value is -3.36. The van der Waals surface area contributed by atoms with Crippen molar-refractivity contribution in [3.05, 3.63) is 66.2 Å². The summed E-state index contributed by atoms with van der Waals surface area (Å²) in [5.41, 5.74) is 2.05. The van der Waals surface area contributed by atoms with Crippen molar-refractivity contribution >= 4 is 43.6 Å². The highest BCUT2D eigenvalue weighted by Crippen LogP contribution is 2.36. The molecule has 1 saturated heterocycles. The number of hydrogen-bond donors (Lipinski definition) is 1. The third-order valence-electron chi connectivity index (χ3n) is 5.75. The van der Waals surface area contributed by atoms with Gasteiger partial charge in [0.2, 0.25) is 10.0 Å². The lowest BCUT2D eigenvalue weighted by Crippen LogP contribution is -2.28. The number of carbonyl (C=O) groups excluding carboxylic acids is 1. The summed E-state index contributed by atoms with van der Waals surface area (Å²) in [5.74, 6) is 0.0514. The zero-order chi connectivity index (χ0) is 22.3. The number of nitrogens with zero attached hydrogens (tertiary/aromatic N) is 1. The number of amides is 1. The quantitative estimate of drug-likeness (QED) is 0.479. The minimum atomic E-state index is -3.61. The largest absolute Gasteiger partial charge is 0.495 e. The molecule has 5 rings (SSSR count). The second kappa shape index (κ2) is 7.96. The van der Waals surface area contributed by atoms with E-state index in [-0.39, 0.29) is 10.5 Å². The van der Waals surface area contributed by atoms with Crippen molar-refractivity contribution in [2.24, 2.45) is 0 Å². The van der Waals surface area contributed by atoms with Crippen LogP contribution in [0.4, 0.5) is 5.69 Å². The van der Waals surface area contributed by atoms with E-state index in [1.807, 2.05) is 30.3 Å². The average Bonchev–Trinajstić information content (AvgIpc) is 3.47. The predicted molar refractivity (Wildman–Crippen MR) is 123 cm³/mol. The van der Waals surface area contributed by atoms with Gasteiger partial charge in [-0.15, -0.1) is 0 Å². The maximum absolute atomic E-state index is 13.0. The van der Waals surface area contributed by atoms with Crippen molar-refractivity contribution in [3.8, 4) is 5.75 Å². The first-order chi connectivity index (χ1) is 15.5. The number of benzene rings is 3. The molecule has 0 atom stereocenters. The molecule has 1 N–H and O–H groups in total. The van der Waals surface area contributed by atoms with E-state index >= 15 is 0 Å². The molecule has 0 saturated carbocycles. The molecule has 1 aliphatic rings. The highest BCUT2D eigenvalue weighted by molar-refractivity contribution is 7.89. The molecule has 0 unspecified atom stereocenters. The number of hydrogen-bond acceptors (Lipinski definition) is 5. The van der Waals surface area contributed by atoms with Gasteiger partial charge in [0.05, 0.1) is 17.7 Å². The van der Waals surface area contributed by atoms with Crippen molar-refractivity contribution in [3.63, 3.8) is 0 Å². The van der Waals surface area contributed by atoms with Crippen LogP contribution in [0.2, 0.25) is 0 Å². The number of methoxy groups -OCH3 is 1. The molecule has 0 aliphatic carbocycles. The second-order valence-electron chi connectivity index (χ2n) is 7.74. The van der Waals surface area contributed by atoms with Crippen LogP contribution in [0, 0.1) is 0 Å². The molecule has 0 spiro atoms. The third kappa shape index (κ3) is 3.51. The lowest BCUT2D eigenvalue weighted by Gasteiger charge is -2.16. The third-order valence-corrected chi connectivity index (χ3v) is 7.64. The Kier molecular flexibility index (Phi) is 5.11. The van der Waals surface area contributed by atoms with E-state index in [0.29, 0.717) is 30.1 Å². The Balaban J connectivity index is 1.48. The molecule has 3 aromatic carbocycles. The molecule has 7 nitrogen and oxygen atoms in total. The Bertz CT molecular complexity index is 1440. The lowest BCUT2D eigenvalue weighted by atomic mass is 10.1. The summed E-state index contributed by atoms with van der Waals surface area (Å²) < 4.78 is 38.6. The Morgan fingerprint density at radius 3 is 2.53 bits per heavy atom. The van der Waals surface area contributed by atoms with Crippen molar-refractivity contribution in [1.82, 2.24) is 4.31 Å². The molecule has 1 fully saturated rings. The van der Waals surface area contributed by atoms with Crippen LogP contribution in [-0.2, 0) is 10.0 Å². The normalized spacial score (nSPS) is 14.8. The van der Waals surface area contributed by atoms with Crippen molar-refractivity contribution < 1.29 is 22.4 Å². The smallest absolute Gasteiger partial charge is 0.255 e. The summed E-state index contributed by atoms with van der Waals surface area (Å²) in [7, 11) is -2.08. The number of fused-ring (bicyclic) bond motifs is 3. The summed E-state index contributed by atoms with van der Waals surface area (Å²) >= 11 is 0. The van der Waals surface area contributed by atoms with Gasteiger partial charge in [-0.2, -0.15) is 4.31 Å². The number of ether oxygens (including phenoxy) is 1. The first-order valence-corrected chi connectivity index (χ1v) is 11.8. The van der Waals surface area contributed by atoms with Gasteiger partial charge in [0.15, 0.2) is 0 Å². The molecule has 0 radical (unpaired) electrons. The van der Waals surface area contributed by atoms with Crippen molar-refractivity contribution in [2.75, 3.05) is 25.5 Å². The molecule has 32 heavy (non-hydrogen) atoms. The molecular formula is C24H22N2O5S. The number of carbonyl (C=O) groups is 1. The highest BCUT2D eigenvalue weighted by atomic mass is 32.2. The number of furan rings is 1. The number of para-hydroxylation sites is 1. The number of rotatable bonds is 5. The summed E-state index contributed by atoms with van der Waals surface area (Å²) in [6.07, 6.45) is 1.70. The zero-order valence-electron chi connectivity index (χ0n) is 17.5. The first kappa shape index (κ1) is 20.5. The van der Waals surface area contributed by atoms with E-state index in [9.17, 15) is 13.2 Å². The van der Waals surface area contributed by atoms with Gasteiger partial charge < -0.3 is 14.5 Å². The van der Waals surface area contributed by atoms with Gasteiger partial charge in [-0.3, -0.25) is 4.79 Å². The maximum Gasteiger partial charge on any atom is 0.255 e. The van der Waals surface area contributed by atoms with Crippen LogP contribution < -0.4 is 10.1 Å². The van der Waals surface area contributed by atoms with Crippen LogP contribution >= 0.6 is 0 Å². The van der Waals surface area contributed by atoms with Gasteiger partial charge in [0.1, 0.15) is 16.9 Å². The highest BCUT2D eigenvalue weighted by Gasteiger charge is 2.27. The van der Waals surface area contributed by atoms with Crippen LogP contribution in [0.15, 0.2) is 70.0 Å². The van der Waals surface area contributed by atoms with Gasteiger partial charge in [0, 0.05) is 35.5 Å². The van der Waals surface area contributed by atoms with Crippen LogP contribution in [0.25, 0.3) is 21.9 Å². The molecular weight excluding hydrogens is 428 g/mol. The average molecular weight is 451 g/mol. The van der Waals surface area contributed by atoms with Crippen LogP contribution in [0.1, 0.15) is 23.2 Å². The molecule has 4 aromatic rings. The van der Waals surface area contributed by atoms with E-state index in [4.69, 9.17) is 9.15 Å². The Morgan fingerprint density at radius 2 is 1.75 bits per heavy atom. The minimum Gasteiger partial charge on any atom is -0.495 e. The molecule has 164 valence electrons. The Morgan fingerprint density at radius 1 is 0.969 bits per heavy atom. The van der Waals surface area contributed by atoms with E-state index in [0.717, 1.165) is 29.2 Å². The summed E-state index contributed by atoms with van der Waals surface area (Å²) in [6, 6.07) is 17.3. The Labute approximate surface area is 185 Å². The van der Waals surface area contributed by atoms with Gasteiger partial charge >= 0.3 is 0 Å². The second-order valence-corrected chi connectivity index (χ2v) is 9.68. The topological polar surface area (TPSA) is 88.8 Å². The van der Waals surface area contributed by atoms with E-state index in [2.05, 4.69) is 5.32 Å². The molecule has 8 heteroatoms. The fraction of sp³-hybridized carbons (Fsp3) is 0.208. The fourth-order valence-electron chi connectivity index (χ4n) is 4.09. The molecule has 1 aromatic heterocycles. The monoisotopic (exact) mass is 450 g/mol.